The molecule has 1 saturated carbocycles. The summed E-state index contributed by atoms with van der Waals surface area (Å²) in [6.07, 6.45) is 4.51. The molecular weight excluding hydrogens is 460 g/mol. The number of hydrogen-bond donors (Lipinski definition) is 3. The number of benzene rings is 3. The molecule has 5 aliphatic rings. The Hall–Kier alpha value is -3.28. The van der Waals surface area contributed by atoms with Crippen LogP contribution >= 0.6 is 0 Å². The van der Waals surface area contributed by atoms with Crippen molar-refractivity contribution in [3.8, 4) is 22.6 Å². The third-order valence-electron chi connectivity index (χ3n) is 10.3. The molecule has 9 rings (SSSR count). The highest BCUT2D eigenvalue weighted by Gasteiger charge is 2.72. The fourth-order valence-electron chi connectivity index (χ4n) is 8.51. The van der Waals surface area contributed by atoms with Gasteiger partial charge in [0.1, 0.15) is 0 Å². The summed E-state index contributed by atoms with van der Waals surface area (Å²) in [7, 11) is 0. The maximum Gasteiger partial charge on any atom is 0.166 e. The summed E-state index contributed by atoms with van der Waals surface area (Å²) >= 11 is 0. The van der Waals surface area contributed by atoms with Crippen LogP contribution in [0, 0.1) is 5.92 Å². The molecule has 3 heterocycles. The molecule has 1 saturated heterocycles. The minimum atomic E-state index is -0.957. The Balaban J connectivity index is 1.31. The number of rotatable bonds is 3. The van der Waals surface area contributed by atoms with Gasteiger partial charge in [0, 0.05) is 35.5 Å². The summed E-state index contributed by atoms with van der Waals surface area (Å²) in [5.41, 5.74) is 6.46. The summed E-state index contributed by atoms with van der Waals surface area (Å²) in [5.74, 6) is 1.54. The van der Waals surface area contributed by atoms with Gasteiger partial charge >= 0.3 is 0 Å². The van der Waals surface area contributed by atoms with Crippen molar-refractivity contribution in [2.75, 3.05) is 13.1 Å². The molecule has 1 spiro atoms. The number of phenols is 1. The maximum absolute atomic E-state index is 13.0. The number of phenolic OH excluding ortho intramolecular Hbond substituents is 1. The molecule has 5 heteroatoms. The number of likely N-dealkylation sites (tertiary alicyclic amines) is 1. The first-order chi connectivity index (χ1) is 18.1. The zero-order chi connectivity index (χ0) is 24.5. The molecule has 2 aliphatic heterocycles. The van der Waals surface area contributed by atoms with Crippen LogP contribution in [0.25, 0.3) is 22.0 Å². The van der Waals surface area contributed by atoms with Crippen LogP contribution in [-0.2, 0) is 18.3 Å². The van der Waals surface area contributed by atoms with Gasteiger partial charge < -0.3 is 19.9 Å². The molecule has 0 amide bonds. The van der Waals surface area contributed by atoms with Gasteiger partial charge in [-0.15, -0.1) is 0 Å². The van der Waals surface area contributed by atoms with Crippen molar-refractivity contribution in [2.45, 2.75) is 55.3 Å². The Kier molecular flexibility index (Phi) is 3.80. The molecule has 2 bridgehead atoms. The molecule has 186 valence electrons. The molecule has 1 aromatic heterocycles. The first kappa shape index (κ1) is 20.7. The van der Waals surface area contributed by atoms with Crippen LogP contribution in [-0.4, -0.2) is 44.8 Å². The van der Waals surface area contributed by atoms with Crippen molar-refractivity contribution in [3.63, 3.8) is 0 Å². The van der Waals surface area contributed by atoms with Crippen LogP contribution in [0.2, 0.25) is 0 Å². The lowest BCUT2D eigenvalue weighted by molar-refractivity contribution is -0.173. The number of aliphatic hydroxyl groups is 1. The quantitative estimate of drug-likeness (QED) is 0.367. The second kappa shape index (κ2) is 6.77. The number of nitrogens with one attached hydrogen (secondary N) is 1. The minimum Gasteiger partial charge on any atom is -0.504 e. The largest absolute Gasteiger partial charge is 0.504 e. The first-order valence-corrected chi connectivity index (χ1v) is 13.8. The van der Waals surface area contributed by atoms with Gasteiger partial charge in [0.25, 0.3) is 0 Å². The minimum absolute atomic E-state index is 0.0475. The number of hydrogen-bond acceptors (Lipinski definition) is 4. The van der Waals surface area contributed by atoms with E-state index in [2.05, 4.69) is 58.4 Å². The second-order valence-electron chi connectivity index (χ2n) is 12.0. The van der Waals surface area contributed by atoms with E-state index < -0.39 is 11.0 Å². The van der Waals surface area contributed by atoms with Crippen molar-refractivity contribution in [3.05, 3.63) is 83.0 Å². The lowest BCUT2D eigenvalue weighted by Gasteiger charge is -2.62. The number of nitrogens with zero attached hydrogens (tertiary/aromatic N) is 1. The monoisotopic (exact) mass is 490 g/mol. The summed E-state index contributed by atoms with van der Waals surface area (Å²) in [5, 5.41) is 25.1. The lowest BCUT2D eigenvalue weighted by atomic mass is 9.49. The molecule has 0 unspecified atom stereocenters. The number of fused-ring (bicyclic) bond motifs is 4. The van der Waals surface area contributed by atoms with Crippen molar-refractivity contribution in [2.24, 2.45) is 5.92 Å². The number of aromatic nitrogens is 1. The van der Waals surface area contributed by atoms with Crippen LogP contribution in [0.5, 0.6) is 11.5 Å². The highest BCUT2D eigenvalue weighted by molar-refractivity contribution is 5.97. The Morgan fingerprint density at radius 1 is 1.03 bits per heavy atom. The molecule has 37 heavy (non-hydrogen) atoms. The number of aromatic amines is 1. The molecule has 5 nitrogen and oxygen atoms in total. The highest BCUT2D eigenvalue weighted by Crippen LogP contribution is 2.69. The summed E-state index contributed by atoms with van der Waals surface area (Å²) < 4.78 is 6.75. The van der Waals surface area contributed by atoms with E-state index in [0.717, 1.165) is 54.2 Å². The number of ether oxygens (including phenoxy) is 1. The summed E-state index contributed by atoms with van der Waals surface area (Å²) in [6, 6.07) is 20.9. The molecule has 3 N–H and O–H groups in total. The van der Waals surface area contributed by atoms with Gasteiger partial charge in [0.2, 0.25) is 0 Å². The van der Waals surface area contributed by atoms with Crippen molar-refractivity contribution in [1.29, 1.82) is 0 Å². The Morgan fingerprint density at radius 2 is 1.89 bits per heavy atom. The SMILES string of the molecule is Oc1ccc2c3c1O[C@H]1c4[nH]c5c(-c6ccccc6)cccc5c4C[C@@]4(O)[C@@H](C2)N(CC2CC2)CC[C@]314. The van der Waals surface area contributed by atoms with Gasteiger partial charge in [0.15, 0.2) is 17.6 Å². The number of H-pyrrole nitrogens is 1. The molecule has 3 aliphatic carbocycles. The van der Waals surface area contributed by atoms with E-state index in [0.29, 0.717) is 12.2 Å². The van der Waals surface area contributed by atoms with Crippen LogP contribution in [0.15, 0.2) is 60.7 Å². The molecule has 4 aromatic rings. The average molecular weight is 491 g/mol. The van der Waals surface area contributed by atoms with Crippen molar-refractivity contribution < 1.29 is 14.9 Å². The van der Waals surface area contributed by atoms with Crippen LogP contribution in [0.3, 0.4) is 0 Å². The topological polar surface area (TPSA) is 68.7 Å². The van der Waals surface area contributed by atoms with Crippen molar-refractivity contribution in [1.82, 2.24) is 9.88 Å². The average Bonchev–Trinajstić information content (AvgIpc) is 3.55. The van der Waals surface area contributed by atoms with Crippen LogP contribution < -0.4 is 4.74 Å². The Bertz CT molecular complexity index is 1610. The molecule has 0 radical (unpaired) electrons. The fraction of sp³-hybridized carbons (Fsp3) is 0.375. The highest BCUT2D eigenvalue weighted by atomic mass is 16.5. The molecular formula is C32H30N2O3. The summed E-state index contributed by atoms with van der Waals surface area (Å²) in [6.45, 7) is 2.04. The first-order valence-electron chi connectivity index (χ1n) is 13.8. The number of piperidine rings is 1. The zero-order valence-electron chi connectivity index (χ0n) is 20.7. The maximum atomic E-state index is 13.0. The van der Waals surface area contributed by atoms with Gasteiger partial charge in [-0.2, -0.15) is 0 Å². The van der Waals surface area contributed by atoms with E-state index in [4.69, 9.17) is 4.74 Å². The van der Waals surface area contributed by atoms with E-state index >= 15 is 0 Å². The second-order valence-corrected chi connectivity index (χ2v) is 12.0. The molecule has 2 fully saturated rings. The third-order valence-corrected chi connectivity index (χ3v) is 10.3. The Morgan fingerprint density at radius 3 is 2.73 bits per heavy atom. The molecule has 3 aromatic carbocycles. The predicted octanol–water partition coefficient (Wildman–Crippen LogP) is 5.24. The van der Waals surface area contributed by atoms with Crippen LogP contribution in [0.4, 0.5) is 0 Å². The summed E-state index contributed by atoms with van der Waals surface area (Å²) in [4.78, 5) is 6.40. The van der Waals surface area contributed by atoms with Gasteiger partial charge in [-0.25, -0.2) is 0 Å². The Labute approximate surface area is 215 Å². The number of aromatic hydroxyl groups is 1. The standard InChI is InChI=1S/C32H30N2O3/c35-24-12-11-20-15-25-32(36)16-23-22-8-4-7-21(19-5-2-1-3-6-19)27(22)33-28(23)30-31(32,26(20)29(24)37-30)13-14-34(25)17-18-9-10-18/h1-8,11-12,18,25,30,33,35-36H,9-10,13-17H2/t25-,30+,31+,32-/m1/s1. The van der Waals surface area contributed by atoms with E-state index in [-0.39, 0.29) is 17.9 Å². The van der Waals surface area contributed by atoms with Gasteiger partial charge in [-0.3, -0.25) is 4.90 Å². The smallest absolute Gasteiger partial charge is 0.166 e. The van der Waals surface area contributed by atoms with Gasteiger partial charge in [-0.05, 0) is 60.9 Å². The number of para-hydroxylation sites is 1. The van der Waals surface area contributed by atoms with E-state index in [1.165, 1.54) is 34.9 Å². The van der Waals surface area contributed by atoms with Crippen LogP contribution in [0.1, 0.15) is 47.8 Å². The van der Waals surface area contributed by atoms with Gasteiger partial charge in [-0.1, -0.05) is 54.6 Å². The van der Waals surface area contributed by atoms with Gasteiger partial charge in [0.05, 0.1) is 22.2 Å². The van der Waals surface area contributed by atoms with E-state index in [9.17, 15) is 10.2 Å². The third kappa shape index (κ3) is 2.43. The molecule has 4 atom stereocenters. The van der Waals surface area contributed by atoms with E-state index in [1.54, 1.807) is 6.07 Å². The normalized spacial score (nSPS) is 31.2. The lowest BCUT2D eigenvalue weighted by Crippen LogP contribution is -2.74. The van der Waals surface area contributed by atoms with Crippen molar-refractivity contribution >= 4 is 10.9 Å². The predicted molar refractivity (Wildman–Crippen MR) is 142 cm³/mol. The van der Waals surface area contributed by atoms with E-state index in [1.807, 2.05) is 6.07 Å². The zero-order valence-corrected chi connectivity index (χ0v) is 20.7. The fourth-order valence-corrected chi connectivity index (χ4v) is 8.51.